The Balaban J connectivity index is 2.71. The van der Waals surface area contributed by atoms with E-state index in [1.54, 1.807) is 6.20 Å². The van der Waals surface area contributed by atoms with E-state index in [0.29, 0.717) is 0 Å². The van der Waals surface area contributed by atoms with Gasteiger partial charge in [0.2, 0.25) is 0 Å². The van der Waals surface area contributed by atoms with Crippen molar-refractivity contribution in [1.82, 2.24) is 9.78 Å². The highest BCUT2D eigenvalue weighted by molar-refractivity contribution is 5.15. The van der Waals surface area contributed by atoms with Gasteiger partial charge in [-0.3, -0.25) is 4.68 Å². The second-order valence-electron chi connectivity index (χ2n) is 3.73. The number of hydrogen-bond acceptors (Lipinski definition) is 2. The Labute approximate surface area is 85.1 Å². The van der Waals surface area contributed by atoms with Gasteiger partial charge in [-0.25, -0.2) is 0 Å². The Morgan fingerprint density at radius 3 is 2.93 bits per heavy atom. The SMILES string of the molecule is CCCn1cc(C(O)C=C(C)C)cn1. The number of aromatic nitrogens is 2. The second kappa shape index (κ2) is 4.96. The second-order valence-corrected chi connectivity index (χ2v) is 3.73. The highest BCUT2D eigenvalue weighted by Crippen LogP contribution is 2.14. The first-order valence-corrected chi connectivity index (χ1v) is 4.99. The van der Waals surface area contributed by atoms with Crippen LogP contribution < -0.4 is 0 Å². The van der Waals surface area contributed by atoms with Gasteiger partial charge in [0.05, 0.1) is 6.20 Å². The first kappa shape index (κ1) is 11.0. The van der Waals surface area contributed by atoms with Crippen LogP contribution in [0.4, 0.5) is 0 Å². The molecule has 1 heterocycles. The largest absolute Gasteiger partial charge is 0.384 e. The van der Waals surface area contributed by atoms with Crippen molar-refractivity contribution in [3.05, 3.63) is 29.6 Å². The van der Waals surface area contributed by atoms with E-state index in [1.165, 1.54) is 0 Å². The van der Waals surface area contributed by atoms with Gasteiger partial charge in [-0.15, -0.1) is 0 Å². The predicted octanol–water partition coefficient (Wildman–Crippen LogP) is 2.29. The van der Waals surface area contributed by atoms with Gasteiger partial charge in [-0.05, 0) is 20.3 Å². The predicted molar refractivity (Wildman–Crippen MR) is 56.9 cm³/mol. The standard InChI is InChI=1S/C11H18N2O/c1-4-5-13-8-10(7-12-13)11(14)6-9(2)3/h6-8,11,14H,4-5H2,1-3H3. The molecule has 78 valence electrons. The molecule has 0 radical (unpaired) electrons. The summed E-state index contributed by atoms with van der Waals surface area (Å²) in [6.45, 7) is 6.95. The third kappa shape index (κ3) is 3.00. The molecule has 0 aliphatic carbocycles. The van der Waals surface area contributed by atoms with Crippen LogP contribution >= 0.6 is 0 Å². The summed E-state index contributed by atoms with van der Waals surface area (Å²) in [6.07, 6.45) is 5.98. The molecule has 14 heavy (non-hydrogen) atoms. The summed E-state index contributed by atoms with van der Waals surface area (Å²) in [4.78, 5) is 0. The molecule has 1 rings (SSSR count). The van der Waals surface area contributed by atoms with Crippen molar-refractivity contribution in [2.24, 2.45) is 0 Å². The minimum Gasteiger partial charge on any atom is -0.384 e. The van der Waals surface area contributed by atoms with Gasteiger partial charge >= 0.3 is 0 Å². The zero-order valence-corrected chi connectivity index (χ0v) is 9.07. The number of aliphatic hydroxyl groups is 1. The molecule has 1 N–H and O–H groups in total. The van der Waals surface area contributed by atoms with Crippen molar-refractivity contribution < 1.29 is 5.11 Å². The van der Waals surface area contributed by atoms with Crippen molar-refractivity contribution in [3.8, 4) is 0 Å². The maximum atomic E-state index is 9.74. The van der Waals surface area contributed by atoms with Gasteiger partial charge < -0.3 is 5.11 Å². The topological polar surface area (TPSA) is 38.0 Å². The summed E-state index contributed by atoms with van der Waals surface area (Å²) in [7, 11) is 0. The van der Waals surface area contributed by atoms with Crippen LogP contribution in [0.2, 0.25) is 0 Å². The van der Waals surface area contributed by atoms with Crippen LogP contribution in [0.5, 0.6) is 0 Å². The fourth-order valence-corrected chi connectivity index (χ4v) is 1.30. The normalized spacial score (nSPS) is 12.6. The Kier molecular flexibility index (Phi) is 3.89. The number of rotatable bonds is 4. The Hall–Kier alpha value is -1.09. The molecular formula is C11H18N2O. The highest BCUT2D eigenvalue weighted by atomic mass is 16.3. The minimum atomic E-state index is -0.523. The third-order valence-corrected chi connectivity index (χ3v) is 1.94. The summed E-state index contributed by atoms with van der Waals surface area (Å²) >= 11 is 0. The van der Waals surface area contributed by atoms with E-state index in [4.69, 9.17) is 0 Å². The van der Waals surface area contributed by atoms with Crippen molar-refractivity contribution in [2.75, 3.05) is 0 Å². The van der Waals surface area contributed by atoms with E-state index in [9.17, 15) is 5.11 Å². The Bertz CT molecular complexity index is 311. The summed E-state index contributed by atoms with van der Waals surface area (Å²) in [5.41, 5.74) is 1.97. The molecule has 0 aliphatic heterocycles. The van der Waals surface area contributed by atoms with Crippen LogP contribution in [-0.4, -0.2) is 14.9 Å². The van der Waals surface area contributed by atoms with Crippen LogP contribution in [0.25, 0.3) is 0 Å². The molecule has 3 heteroatoms. The molecule has 3 nitrogen and oxygen atoms in total. The third-order valence-electron chi connectivity index (χ3n) is 1.94. The average Bonchev–Trinajstić information content (AvgIpc) is 2.52. The van der Waals surface area contributed by atoms with E-state index >= 15 is 0 Å². The highest BCUT2D eigenvalue weighted by Gasteiger charge is 2.06. The maximum Gasteiger partial charge on any atom is 0.100 e. The van der Waals surface area contributed by atoms with Crippen molar-refractivity contribution in [3.63, 3.8) is 0 Å². The average molecular weight is 194 g/mol. The lowest BCUT2D eigenvalue weighted by molar-refractivity contribution is 0.227. The Morgan fingerprint density at radius 1 is 1.64 bits per heavy atom. The molecule has 1 atom stereocenters. The molecule has 0 aromatic carbocycles. The number of aryl methyl sites for hydroxylation is 1. The van der Waals surface area contributed by atoms with Crippen LogP contribution in [0.3, 0.4) is 0 Å². The Morgan fingerprint density at radius 2 is 2.36 bits per heavy atom. The van der Waals surface area contributed by atoms with E-state index in [-0.39, 0.29) is 0 Å². The summed E-state index contributed by atoms with van der Waals surface area (Å²) in [5.74, 6) is 0. The van der Waals surface area contributed by atoms with Gasteiger partial charge in [0.1, 0.15) is 6.10 Å². The number of hydrogen-bond donors (Lipinski definition) is 1. The fraction of sp³-hybridized carbons (Fsp3) is 0.545. The van der Waals surface area contributed by atoms with E-state index in [1.807, 2.05) is 30.8 Å². The van der Waals surface area contributed by atoms with Crippen molar-refractivity contribution in [1.29, 1.82) is 0 Å². The number of allylic oxidation sites excluding steroid dienone is 1. The van der Waals surface area contributed by atoms with Gasteiger partial charge in [0.15, 0.2) is 0 Å². The van der Waals surface area contributed by atoms with Gasteiger partial charge in [-0.1, -0.05) is 18.6 Å². The van der Waals surface area contributed by atoms with Gasteiger partial charge in [0, 0.05) is 18.3 Å². The quantitative estimate of drug-likeness (QED) is 0.747. The zero-order valence-electron chi connectivity index (χ0n) is 9.07. The number of aliphatic hydroxyl groups excluding tert-OH is 1. The molecule has 0 amide bonds. The fourth-order valence-electron chi connectivity index (χ4n) is 1.30. The lowest BCUT2D eigenvalue weighted by Crippen LogP contribution is -1.96. The molecule has 1 aromatic rings. The number of nitrogens with zero attached hydrogens (tertiary/aromatic N) is 2. The molecule has 1 aromatic heterocycles. The zero-order chi connectivity index (χ0) is 10.6. The van der Waals surface area contributed by atoms with Crippen LogP contribution in [-0.2, 0) is 6.54 Å². The summed E-state index contributed by atoms with van der Waals surface area (Å²) in [6, 6.07) is 0. The lowest BCUT2D eigenvalue weighted by atomic mass is 10.1. The van der Waals surface area contributed by atoms with Crippen LogP contribution in [0.1, 0.15) is 38.9 Å². The lowest BCUT2D eigenvalue weighted by Gasteiger charge is -2.02. The molecule has 1 unspecified atom stereocenters. The molecule has 0 saturated heterocycles. The molecular weight excluding hydrogens is 176 g/mol. The molecule has 0 aliphatic rings. The van der Waals surface area contributed by atoms with Crippen LogP contribution in [0, 0.1) is 0 Å². The van der Waals surface area contributed by atoms with Gasteiger partial charge in [0.25, 0.3) is 0 Å². The molecule has 0 saturated carbocycles. The molecule has 0 spiro atoms. The van der Waals surface area contributed by atoms with E-state index in [0.717, 1.165) is 24.1 Å². The van der Waals surface area contributed by atoms with E-state index in [2.05, 4.69) is 12.0 Å². The van der Waals surface area contributed by atoms with E-state index < -0.39 is 6.10 Å². The van der Waals surface area contributed by atoms with Crippen molar-refractivity contribution in [2.45, 2.75) is 39.8 Å². The maximum absolute atomic E-state index is 9.74. The molecule has 0 bridgehead atoms. The van der Waals surface area contributed by atoms with Crippen LogP contribution in [0.15, 0.2) is 24.0 Å². The smallest absolute Gasteiger partial charge is 0.100 e. The van der Waals surface area contributed by atoms with Gasteiger partial charge in [-0.2, -0.15) is 5.10 Å². The monoisotopic (exact) mass is 194 g/mol. The first-order valence-electron chi connectivity index (χ1n) is 4.99. The molecule has 0 fully saturated rings. The minimum absolute atomic E-state index is 0.523. The summed E-state index contributed by atoms with van der Waals surface area (Å²) in [5, 5.41) is 13.9. The van der Waals surface area contributed by atoms with Crippen molar-refractivity contribution >= 4 is 0 Å². The summed E-state index contributed by atoms with van der Waals surface area (Å²) < 4.78 is 1.86. The first-order chi connectivity index (χ1) is 6.63.